The van der Waals surface area contributed by atoms with Gasteiger partial charge in [-0.2, -0.15) is 0 Å². The molecule has 2 aromatic heterocycles. The molecule has 0 radical (unpaired) electrons. The Morgan fingerprint density at radius 1 is 0.727 bits per heavy atom. The normalized spacial score (nSPS) is 11.3. The van der Waals surface area contributed by atoms with E-state index in [0.29, 0.717) is 24.4 Å². The smallest absolute Gasteiger partial charge is 0.410 e. The number of rotatable bonds is 14. The third kappa shape index (κ3) is 9.54. The Hall–Kier alpha value is -6.09. The van der Waals surface area contributed by atoms with E-state index in [2.05, 4.69) is 24.0 Å². The third-order valence-electron chi connectivity index (χ3n) is 9.15. The molecule has 0 aliphatic rings. The lowest BCUT2D eigenvalue weighted by atomic mass is 9.98. The maximum absolute atomic E-state index is 14.2. The van der Waals surface area contributed by atoms with Crippen molar-refractivity contribution in [1.29, 1.82) is 0 Å². The molecule has 0 unspecified atom stereocenters. The zero-order valence-corrected chi connectivity index (χ0v) is 32.5. The van der Waals surface area contributed by atoms with Crippen molar-refractivity contribution in [3.05, 3.63) is 148 Å². The number of nitrogens with one attached hydrogen (secondary N) is 1. The number of fused-ring (bicyclic) bond motifs is 1. The van der Waals surface area contributed by atoms with Gasteiger partial charge in [0.05, 0.1) is 12.2 Å². The molecule has 1 N–H and O–H groups in total. The van der Waals surface area contributed by atoms with Gasteiger partial charge in [-0.05, 0) is 61.9 Å². The fourth-order valence-corrected chi connectivity index (χ4v) is 6.48. The molecule has 0 atom stereocenters. The highest BCUT2D eigenvalue weighted by molar-refractivity contribution is 5.97. The van der Waals surface area contributed by atoms with Crippen molar-refractivity contribution in [2.45, 2.75) is 79.4 Å². The number of esters is 1. The summed E-state index contributed by atoms with van der Waals surface area (Å²) in [5, 5.41) is 1.05. The zero-order chi connectivity index (χ0) is 39.0. The Balaban J connectivity index is 1.45. The fraction of sp³-hybridized carbons (Fsp3) is 0.283. The number of aromatic amines is 1. The number of amides is 1. The topological polar surface area (TPSA) is 103 Å². The molecular formula is C46H49N3O6. The van der Waals surface area contributed by atoms with Gasteiger partial charge in [0.25, 0.3) is 0 Å². The first-order valence-corrected chi connectivity index (χ1v) is 18.7. The third-order valence-corrected chi connectivity index (χ3v) is 9.15. The van der Waals surface area contributed by atoms with Gasteiger partial charge in [0, 0.05) is 34.8 Å². The van der Waals surface area contributed by atoms with Gasteiger partial charge in [-0.15, -0.1) is 0 Å². The standard InChI is InChI=1S/C46H49N3O6/c1-7-35-37-25-24-34(26-38(37)47-39(35)27-49(6)45(51)55-46(3,4)5)41-36(8-2)42(52-28-31-18-12-9-13-19-31)40(44(50)54-30-33-22-16-11-17-23-33)43(48-41)53-29-32-20-14-10-15-21-32/h9-26,47H,7-8,27-30H2,1-6H3. The van der Waals surface area contributed by atoms with E-state index in [1.807, 2.05) is 125 Å². The number of H-pyrrole nitrogens is 1. The number of ether oxygens (including phenoxy) is 4. The van der Waals surface area contributed by atoms with Crippen LogP contribution in [0.25, 0.3) is 22.2 Å². The number of pyridine rings is 1. The summed E-state index contributed by atoms with van der Waals surface area (Å²) < 4.78 is 24.6. The average molecular weight is 740 g/mol. The van der Waals surface area contributed by atoms with E-state index in [4.69, 9.17) is 23.9 Å². The van der Waals surface area contributed by atoms with Gasteiger partial charge in [-0.3, -0.25) is 0 Å². The maximum Gasteiger partial charge on any atom is 0.410 e. The number of benzene rings is 4. The number of carbonyl (C=O) groups is 2. The summed E-state index contributed by atoms with van der Waals surface area (Å²) in [6.07, 6.45) is 0.891. The monoisotopic (exact) mass is 739 g/mol. The van der Waals surface area contributed by atoms with Crippen molar-refractivity contribution >= 4 is 23.0 Å². The van der Waals surface area contributed by atoms with Crippen LogP contribution in [-0.4, -0.2) is 39.6 Å². The molecule has 284 valence electrons. The van der Waals surface area contributed by atoms with E-state index >= 15 is 0 Å². The lowest BCUT2D eigenvalue weighted by Crippen LogP contribution is -2.34. The lowest BCUT2D eigenvalue weighted by molar-refractivity contribution is 0.0282. The van der Waals surface area contributed by atoms with Crippen LogP contribution in [0.4, 0.5) is 4.79 Å². The Kier molecular flexibility index (Phi) is 12.2. The first-order valence-electron chi connectivity index (χ1n) is 18.7. The Morgan fingerprint density at radius 2 is 1.29 bits per heavy atom. The number of aromatic nitrogens is 2. The van der Waals surface area contributed by atoms with Crippen molar-refractivity contribution in [3.8, 4) is 22.9 Å². The quantitative estimate of drug-likeness (QED) is 0.111. The molecule has 0 saturated heterocycles. The molecule has 0 spiro atoms. The summed E-state index contributed by atoms with van der Waals surface area (Å²) in [6.45, 7) is 10.5. The number of nitrogens with zero attached hydrogens (tertiary/aromatic N) is 2. The number of hydrogen-bond acceptors (Lipinski definition) is 7. The highest BCUT2D eigenvalue weighted by atomic mass is 16.6. The lowest BCUT2D eigenvalue weighted by Gasteiger charge is -2.24. The van der Waals surface area contributed by atoms with Crippen LogP contribution in [0.15, 0.2) is 109 Å². The maximum atomic E-state index is 14.2. The summed E-state index contributed by atoms with van der Waals surface area (Å²) in [7, 11) is 1.74. The fourth-order valence-electron chi connectivity index (χ4n) is 6.48. The van der Waals surface area contributed by atoms with E-state index < -0.39 is 11.6 Å². The first-order chi connectivity index (χ1) is 26.5. The highest BCUT2D eigenvalue weighted by Crippen LogP contribution is 2.40. The molecule has 0 aliphatic heterocycles. The largest absolute Gasteiger partial charge is 0.487 e. The van der Waals surface area contributed by atoms with Crippen LogP contribution in [0.2, 0.25) is 0 Å². The average Bonchev–Trinajstić information content (AvgIpc) is 3.54. The Bertz CT molecular complexity index is 2230. The van der Waals surface area contributed by atoms with Crippen LogP contribution < -0.4 is 9.47 Å². The first kappa shape index (κ1) is 38.6. The highest BCUT2D eigenvalue weighted by Gasteiger charge is 2.29. The van der Waals surface area contributed by atoms with E-state index in [1.54, 1.807) is 11.9 Å². The van der Waals surface area contributed by atoms with Crippen LogP contribution >= 0.6 is 0 Å². The molecule has 1 amide bonds. The molecular weight excluding hydrogens is 691 g/mol. The van der Waals surface area contributed by atoms with Crippen LogP contribution in [0.5, 0.6) is 11.6 Å². The molecule has 6 rings (SSSR count). The van der Waals surface area contributed by atoms with Crippen LogP contribution in [0.3, 0.4) is 0 Å². The molecule has 0 bridgehead atoms. The minimum atomic E-state index is -0.597. The van der Waals surface area contributed by atoms with Crippen molar-refractivity contribution < 1.29 is 28.5 Å². The van der Waals surface area contributed by atoms with Gasteiger partial charge in [0.1, 0.15) is 31.2 Å². The van der Waals surface area contributed by atoms with E-state index in [9.17, 15) is 9.59 Å². The second-order valence-corrected chi connectivity index (χ2v) is 14.4. The summed E-state index contributed by atoms with van der Waals surface area (Å²) in [6, 6.07) is 35.3. The van der Waals surface area contributed by atoms with Gasteiger partial charge < -0.3 is 28.8 Å². The van der Waals surface area contributed by atoms with Gasteiger partial charge in [-0.1, -0.05) is 117 Å². The summed E-state index contributed by atoms with van der Waals surface area (Å²) in [5.74, 6) is -0.0921. The second-order valence-electron chi connectivity index (χ2n) is 14.4. The number of hydrogen-bond donors (Lipinski definition) is 1. The van der Waals surface area contributed by atoms with Gasteiger partial charge in [0.15, 0.2) is 5.56 Å². The summed E-state index contributed by atoms with van der Waals surface area (Å²) in [4.78, 5) is 37.3. The Labute approximate surface area is 323 Å². The van der Waals surface area contributed by atoms with Crippen molar-refractivity contribution in [3.63, 3.8) is 0 Å². The van der Waals surface area contributed by atoms with Crippen LogP contribution in [0, 0.1) is 0 Å². The van der Waals surface area contributed by atoms with E-state index in [-0.39, 0.29) is 37.4 Å². The molecule has 55 heavy (non-hydrogen) atoms. The van der Waals surface area contributed by atoms with Crippen LogP contribution in [0.1, 0.15) is 78.5 Å². The minimum absolute atomic E-state index is 0.0772. The van der Waals surface area contributed by atoms with E-state index in [1.165, 1.54) is 0 Å². The number of carbonyl (C=O) groups excluding carboxylic acids is 2. The van der Waals surface area contributed by atoms with Gasteiger partial charge in [0.2, 0.25) is 5.88 Å². The van der Waals surface area contributed by atoms with Crippen molar-refractivity contribution in [1.82, 2.24) is 14.9 Å². The molecule has 6 aromatic rings. The summed E-state index contributed by atoms with van der Waals surface area (Å²) in [5.41, 5.74) is 7.43. The van der Waals surface area contributed by atoms with E-state index in [0.717, 1.165) is 56.4 Å². The summed E-state index contributed by atoms with van der Waals surface area (Å²) >= 11 is 0. The van der Waals surface area contributed by atoms with Crippen LogP contribution in [-0.2, 0) is 48.7 Å². The number of aryl methyl sites for hydroxylation is 1. The second kappa shape index (κ2) is 17.4. The van der Waals surface area contributed by atoms with Gasteiger partial charge in [-0.25, -0.2) is 14.6 Å². The van der Waals surface area contributed by atoms with Crippen molar-refractivity contribution in [2.75, 3.05) is 7.05 Å². The molecule has 4 aromatic carbocycles. The van der Waals surface area contributed by atoms with Crippen molar-refractivity contribution in [2.24, 2.45) is 0 Å². The molecule has 0 aliphatic carbocycles. The predicted molar refractivity (Wildman–Crippen MR) is 215 cm³/mol. The molecule has 9 nitrogen and oxygen atoms in total. The molecule has 2 heterocycles. The molecule has 0 saturated carbocycles. The predicted octanol–water partition coefficient (Wildman–Crippen LogP) is 10.2. The van der Waals surface area contributed by atoms with Gasteiger partial charge >= 0.3 is 12.1 Å². The Morgan fingerprint density at radius 3 is 1.85 bits per heavy atom. The molecule has 0 fully saturated rings. The SMILES string of the molecule is CCc1c(-c2ccc3c(CC)c(CN(C)C(=O)OC(C)(C)C)[nH]c3c2)nc(OCc2ccccc2)c(C(=O)OCc2ccccc2)c1OCc1ccccc1. The zero-order valence-electron chi connectivity index (χ0n) is 32.5. The minimum Gasteiger partial charge on any atom is -0.487 e. The molecule has 9 heteroatoms.